The molecule has 2 heterocycles. The van der Waals surface area contributed by atoms with Gasteiger partial charge in [-0.2, -0.15) is 0 Å². The van der Waals surface area contributed by atoms with Crippen LogP contribution < -0.4 is 4.74 Å². The van der Waals surface area contributed by atoms with E-state index in [0.717, 1.165) is 30.0 Å². The van der Waals surface area contributed by atoms with Crippen molar-refractivity contribution in [3.05, 3.63) is 59.4 Å². The predicted octanol–water partition coefficient (Wildman–Crippen LogP) is 2.36. The molecular formula is C18H20N2O4. The number of aromatic nitrogens is 1. The van der Waals surface area contributed by atoms with Gasteiger partial charge >= 0.3 is 5.97 Å². The van der Waals surface area contributed by atoms with Gasteiger partial charge in [0.25, 0.3) is 0 Å². The van der Waals surface area contributed by atoms with Crippen LogP contribution in [0.2, 0.25) is 0 Å². The lowest BCUT2D eigenvalue weighted by Gasteiger charge is -2.33. The summed E-state index contributed by atoms with van der Waals surface area (Å²) in [4.78, 5) is 17.3. The van der Waals surface area contributed by atoms with E-state index in [1.54, 1.807) is 19.4 Å². The van der Waals surface area contributed by atoms with Gasteiger partial charge in [0, 0.05) is 32.0 Å². The minimum absolute atomic E-state index is 0.0236. The van der Waals surface area contributed by atoms with Crippen molar-refractivity contribution < 1.29 is 19.4 Å². The van der Waals surface area contributed by atoms with Crippen molar-refractivity contribution in [2.24, 2.45) is 0 Å². The first-order valence-corrected chi connectivity index (χ1v) is 7.81. The maximum atomic E-state index is 11.1. The number of nitrogens with zero attached hydrogens (tertiary/aromatic N) is 2. The van der Waals surface area contributed by atoms with Gasteiger partial charge in [0.2, 0.25) is 0 Å². The Hall–Kier alpha value is -2.44. The molecule has 1 aliphatic rings. The molecule has 0 radical (unpaired) electrons. The molecule has 3 rings (SSSR count). The number of hydrogen-bond acceptors (Lipinski definition) is 5. The number of carboxylic acids is 1. The van der Waals surface area contributed by atoms with E-state index in [4.69, 9.17) is 14.6 Å². The fraction of sp³-hybridized carbons (Fsp3) is 0.333. The van der Waals surface area contributed by atoms with Crippen LogP contribution in [0.1, 0.15) is 27.6 Å². The molecule has 1 aromatic heterocycles. The summed E-state index contributed by atoms with van der Waals surface area (Å²) in [7, 11) is 1.65. The van der Waals surface area contributed by atoms with Crippen molar-refractivity contribution >= 4 is 5.97 Å². The van der Waals surface area contributed by atoms with Crippen molar-refractivity contribution in [1.29, 1.82) is 0 Å². The van der Waals surface area contributed by atoms with Crippen LogP contribution in [-0.4, -0.2) is 47.8 Å². The fourth-order valence-electron chi connectivity index (χ4n) is 2.84. The highest BCUT2D eigenvalue weighted by Gasteiger charge is 2.22. The van der Waals surface area contributed by atoms with Crippen LogP contribution in [0.3, 0.4) is 0 Å². The third-order valence-corrected chi connectivity index (χ3v) is 4.06. The molecule has 1 fully saturated rings. The summed E-state index contributed by atoms with van der Waals surface area (Å²) in [5.41, 5.74) is 2.18. The summed E-state index contributed by atoms with van der Waals surface area (Å²) in [6, 6.07) is 9.55. The Kier molecular flexibility index (Phi) is 5.08. The molecule has 0 spiro atoms. The van der Waals surface area contributed by atoms with Gasteiger partial charge in [-0.25, -0.2) is 4.79 Å². The van der Waals surface area contributed by atoms with E-state index in [0.29, 0.717) is 13.2 Å². The summed E-state index contributed by atoms with van der Waals surface area (Å²) < 4.78 is 11.2. The molecule has 1 unspecified atom stereocenters. The molecule has 0 saturated carbocycles. The monoisotopic (exact) mass is 328 g/mol. The Bertz CT molecular complexity index is 720. The molecule has 1 aliphatic heterocycles. The maximum absolute atomic E-state index is 11.1. The predicted molar refractivity (Wildman–Crippen MR) is 88.2 cm³/mol. The largest absolute Gasteiger partial charge is 0.497 e. The van der Waals surface area contributed by atoms with E-state index in [2.05, 4.69) is 9.88 Å². The quantitative estimate of drug-likeness (QED) is 0.908. The van der Waals surface area contributed by atoms with Gasteiger partial charge in [-0.1, -0.05) is 12.1 Å². The van der Waals surface area contributed by atoms with Gasteiger partial charge in [0.05, 0.1) is 25.4 Å². The van der Waals surface area contributed by atoms with Crippen molar-refractivity contribution in [2.75, 3.05) is 26.8 Å². The lowest BCUT2D eigenvalue weighted by Crippen LogP contribution is -2.37. The van der Waals surface area contributed by atoms with Crippen molar-refractivity contribution in [3.63, 3.8) is 0 Å². The molecule has 0 aliphatic carbocycles. The normalized spacial score (nSPS) is 18.3. The Morgan fingerprint density at radius 2 is 2.29 bits per heavy atom. The number of carboxylic acid groups (broad SMARTS) is 1. The van der Waals surface area contributed by atoms with Gasteiger partial charge in [0.1, 0.15) is 5.75 Å². The van der Waals surface area contributed by atoms with E-state index in [1.165, 1.54) is 6.20 Å². The molecule has 1 N–H and O–H groups in total. The summed E-state index contributed by atoms with van der Waals surface area (Å²) in [6.45, 7) is 2.83. The topological polar surface area (TPSA) is 71.9 Å². The average Bonchev–Trinajstić information content (AvgIpc) is 2.62. The van der Waals surface area contributed by atoms with Crippen molar-refractivity contribution in [2.45, 2.75) is 12.6 Å². The second-order valence-electron chi connectivity index (χ2n) is 5.76. The zero-order valence-electron chi connectivity index (χ0n) is 13.5. The lowest BCUT2D eigenvalue weighted by atomic mass is 10.1. The minimum atomic E-state index is -0.958. The molecule has 0 amide bonds. The third kappa shape index (κ3) is 3.90. The SMILES string of the molecule is COc1cccc(C2CN(Cc3cncc(C(=O)O)c3)CCO2)c1. The van der Waals surface area contributed by atoms with Crippen LogP contribution in [0.4, 0.5) is 0 Å². The molecule has 6 heteroatoms. The van der Waals surface area contributed by atoms with E-state index in [1.807, 2.05) is 24.3 Å². The van der Waals surface area contributed by atoms with Crippen LogP contribution in [-0.2, 0) is 11.3 Å². The van der Waals surface area contributed by atoms with E-state index in [-0.39, 0.29) is 11.7 Å². The molecule has 1 aromatic carbocycles. The number of carbonyl (C=O) groups is 1. The highest BCUT2D eigenvalue weighted by atomic mass is 16.5. The van der Waals surface area contributed by atoms with Crippen LogP contribution in [0.5, 0.6) is 5.75 Å². The van der Waals surface area contributed by atoms with Crippen LogP contribution >= 0.6 is 0 Å². The smallest absolute Gasteiger partial charge is 0.337 e. The Labute approximate surface area is 140 Å². The molecule has 24 heavy (non-hydrogen) atoms. The summed E-state index contributed by atoms with van der Waals surface area (Å²) in [5.74, 6) is -0.146. The zero-order chi connectivity index (χ0) is 16.9. The van der Waals surface area contributed by atoms with E-state index >= 15 is 0 Å². The van der Waals surface area contributed by atoms with Crippen molar-refractivity contribution in [3.8, 4) is 5.75 Å². The molecule has 2 aromatic rings. The van der Waals surface area contributed by atoms with Gasteiger partial charge in [-0.3, -0.25) is 9.88 Å². The summed E-state index contributed by atoms with van der Waals surface area (Å²) >= 11 is 0. The third-order valence-electron chi connectivity index (χ3n) is 4.06. The minimum Gasteiger partial charge on any atom is -0.497 e. The van der Waals surface area contributed by atoms with E-state index < -0.39 is 5.97 Å². The number of aromatic carboxylic acids is 1. The molecule has 6 nitrogen and oxygen atoms in total. The number of hydrogen-bond donors (Lipinski definition) is 1. The maximum Gasteiger partial charge on any atom is 0.337 e. The Morgan fingerprint density at radius 3 is 3.08 bits per heavy atom. The Morgan fingerprint density at radius 1 is 1.42 bits per heavy atom. The van der Waals surface area contributed by atoms with Gasteiger partial charge in [-0.15, -0.1) is 0 Å². The van der Waals surface area contributed by atoms with Crippen LogP contribution in [0, 0.1) is 0 Å². The van der Waals surface area contributed by atoms with E-state index in [9.17, 15) is 4.79 Å². The summed E-state index contributed by atoms with van der Waals surface area (Å²) in [6.07, 6.45) is 3.05. The zero-order valence-corrected chi connectivity index (χ0v) is 13.5. The molecule has 1 atom stereocenters. The van der Waals surface area contributed by atoms with Gasteiger partial charge in [-0.05, 0) is 29.3 Å². The van der Waals surface area contributed by atoms with Crippen LogP contribution in [0.15, 0.2) is 42.7 Å². The molecule has 126 valence electrons. The van der Waals surface area contributed by atoms with Crippen LogP contribution in [0.25, 0.3) is 0 Å². The standard InChI is InChI=1S/C18H20N2O4/c1-23-16-4-2-3-14(8-16)17-12-20(5-6-24-17)11-13-7-15(18(21)22)10-19-9-13/h2-4,7-10,17H,5-6,11-12H2,1H3,(H,21,22). The molecular weight excluding hydrogens is 308 g/mol. The molecule has 1 saturated heterocycles. The lowest BCUT2D eigenvalue weighted by molar-refractivity contribution is -0.0330. The highest BCUT2D eigenvalue weighted by Crippen LogP contribution is 2.26. The second kappa shape index (κ2) is 7.42. The Balaban J connectivity index is 1.69. The van der Waals surface area contributed by atoms with Gasteiger partial charge < -0.3 is 14.6 Å². The summed E-state index contributed by atoms with van der Waals surface area (Å²) in [5, 5.41) is 9.07. The fourth-order valence-corrected chi connectivity index (χ4v) is 2.84. The number of ether oxygens (including phenoxy) is 2. The van der Waals surface area contributed by atoms with Gasteiger partial charge in [0.15, 0.2) is 0 Å². The number of benzene rings is 1. The number of methoxy groups -OCH3 is 1. The molecule has 0 bridgehead atoms. The second-order valence-corrected chi connectivity index (χ2v) is 5.76. The first kappa shape index (κ1) is 16.4. The number of pyridine rings is 1. The first-order valence-electron chi connectivity index (χ1n) is 7.81. The van der Waals surface area contributed by atoms with Crippen molar-refractivity contribution in [1.82, 2.24) is 9.88 Å². The number of morpholine rings is 1. The average molecular weight is 328 g/mol. The number of rotatable bonds is 5. The highest BCUT2D eigenvalue weighted by molar-refractivity contribution is 5.87. The first-order chi connectivity index (χ1) is 11.7.